The highest BCUT2D eigenvalue weighted by molar-refractivity contribution is 6.43. The van der Waals surface area contributed by atoms with E-state index in [0.29, 0.717) is 44.5 Å². The van der Waals surface area contributed by atoms with Crippen molar-refractivity contribution in [1.82, 2.24) is 0 Å². The second kappa shape index (κ2) is 22.0. The summed E-state index contributed by atoms with van der Waals surface area (Å²) in [5.74, 6) is -0.0599. The SMILES string of the molecule is CCCCCCCCCCCCCC(=O)Oc1cc2c3c(ccc4c5ccc6c7c(cc(OC(=O)CCCCCCCCCCCCC)c(c1c34)c75)-c1ccccc1C6=O)C(=O)c1ccccc1-2. The van der Waals surface area contributed by atoms with E-state index in [-0.39, 0.29) is 36.3 Å². The van der Waals surface area contributed by atoms with E-state index in [1.807, 2.05) is 84.9 Å². The van der Waals surface area contributed by atoms with E-state index >= 15 is 0 Å². The van der Waals surface area contributed by atoms with Crippen molar-refractivity contribution in [3.05, 3.63) is 107 Å². The maximum atomic E-state index is 14.4. The summed E-state index contributed by atoms with van der Waals surface area (Å²) in [5.41, 5.74) is 5.57. The Balaban J connectivity index is 1.09. The van der Waals surface area contributed by atoms with Crippen LogP contribution in [0.4, 0.5) is 0 Å². The zero-order chi connectivity index (χ0) is 47.0. The number of hydrogen-bond acceptors (Lipinski definition) is 6. The van der Waals surface area contributed by atoms with Gasteiger partial charge in [0.1, 0.15) is 11.5 Å². The van der Waals surface area contributed by atoms with E-state index in [0.717, 1.165) is 93.1 Å². The van der Waals surface area contributed by atoms with Gasteiger partial charge in [0.2, 0.25) is 0 Å². The van der Waals surface area contributed by atoms with Gasteiger partial charge in [0.15, 0.2) is 11.6 Å². The topological polar surface area (TPSA) is 86.7 Å². The smallest absolute Gasteiger partial charge is 0.311 e. The average molecular weight is 909 g/mol. The standard InChI is InChI=1S/C62H68O6/c1-3-5-7-9-11-13-15-17-19-21-23-33-53(63)67-51-39-49-41-29-25-27-31-45(41)61(65)47-37-35-43-44-36-38-48-56-50(42-30-26-28-32-46(42)62(48)66)40-52(60(58(44)56)59(51)57(43)55(47)49)68-54(64)34-24-22-20-18-16-14-12-10-8-6-4-2/h25-32,35-40H,3-24,33-34H2,1-2H3. The van der Waals surface area contributed by atoms with Gasteiger partial charge in [-0.1, -0.05) is 203 Å². The third-order valence-corrected chi connectivity index (χ3v) is 14.9. The van der Waals surface area contributed by atoms with E-state index in [1.54, 1.807) is 0 Å². The highest BCUT2D eigenvalue weighted by Gasteiger charge is 2.34. The Kier molecular flexibility index (Phi) is 15.3. The molecule has 7 aromatic rings. The number of carbonyl (C=O) groups excluding carboxylic acids is 4. The Morgan fingerprint density at radius 3 is 1.01 bits per heavy atom. The number of benzene rings is 7. The number of carbonyl (C=O) groups is 4. The third-order valence-electron chi connectivity index (χ3n) is 14.9. The second-order valence-corrected chi connectivity index (χ2v) is 19.7. The Labute approximate surface area is 402 Å². The van der Waals surface area contributed by atoms with Gasteiger partial charge in [-0.15, -0.1) is 0 Å². The molecule has 0 heterocycles. The van der Waals surface area contributed by atoms with Crippen LogP contribution >= 0.6 is 0 Å². The molecule has 0 spiro atoms. The Morgan fingerprint density at radius 2 is 0.662 bits per heavy atom. The molecule has 352 valence electrons. The van der Waals surface area contributed by atoms with Crippen LogP contribution in [0.1, 0.15) is 200 Å². The predicted molar refractivity (Wildman–Crippen MR) is 279 cm³/mol. The Hall–Kier alpha value is -5.88. The first-order valence-electron chi connectivity index (χ1n) is 26.4. The minimum Gasteiger partial charge on any atom is -0.426 e. The summed E-state index contributed by atoms with van der Waals surface area (Å²) < 4.78 is 13.1. The van der Waals surface area contributed by atoms with Crippen molar-refractivity contribution >= 4 is 66.6 Å². The van der Waals surface area contributed by atoms with Crippen molar-refractivity contribution in [1.29, 1.82) is 0 Å². The van der Waals surface area contributed by atoms with Crippen LogP contribution in [0.15, 0.2) is 84.9 Å². The number of hydrogen-bond donors (Lipinski definition) is 0. The van der Waals surface area contributed by atoms with Crippen LogP contribution in [0.25, 0.3) is 65.3 Å². The molecular formula is C62H68O6. The second-order valence-electron chi connectivity index (χ2n) is 19.7. The summed E-state index contributed by atoms with van der Waals surface area (Å²) >= 11 is 0. The molecule has 0 saturated heterocycles. The summed E-state index contributed by atoms with van der Waals surface area (Å²) in [6.07, 6.45) is 26.5. The van der Waals surface area contributed by atoms with Gasteiger partial charge in [-0.05, 0) is 70.1 Å². The summed E-state index contributed by atoms with van der Waals surface area (Å²) in [6, 6.07) is 26.9. The molecule has 2 aliphatic rings. The lowest BCUT2D eigenvalue weighted by Gasteiger charge is -2.27. The highest BCUT2D eigenvalue weighted by atomic mass is 16.5. The van der Waals surface area contributed by atoms with Gasteiger partial charge >= 0.3 is 11.9 Å². The number of ether oxygens (including phenoxy) is 2. The molecular weight excluding hydrogens is 841 g/mol. The molecule has 0 N–H and O–H groups in total. The molecule has 68 heavy (non-hydrogen) atoms. The number of rotatable bonds is 26. The van der Waals surface area contributed by atoms with Crippen molar-refractivity contribution in [3.63, 3.8) is 0 Å². The van der Waals surface area contributed by atoms with Crippen LogP contribution < -0.4 is 9.47 Å². The fraction of sp³-hybridized carbons (Fsp3) is 0.419. The van der Waals surface area contributed by atoms with E-state index in [4.69, 9.17) is 9.47 Å². The molecule has 2 aliphatic carbocycles. The predicted octanol–water partition coefficient (Wildman–Crippen LogP) is 17.4. The molecule has 0 aromatic heterocycles. The number of esters is 2. The molecule has 0 fully saturated rings. The largest absolute Gasteiger partial charge is 0.426 e. The lowest BCUT2D eigenvalue weighted by molar-refractivity contribution is -0.135. The maximum Gasteiger partial charge on any atom is 0.311 e. The molecule has 9 rings (SSSR count). The fourth-order valence-corrected chi connectivity index (χ4v) is 11.3. The van der Waals surface area contributed by atoms with Crippen LogP contribution in [0, 0.1) is 0 Å². The lowest BCUT2D eigenvalue weighted by Crippen LogP contribution is -2.14. The molecule has 7 aromatic carbocycles. The maximum absolute atomic E-state index is 14.4. The minimum atomic E-state index is -0.325. The van der Waals surface area contributed by atoms with E-state index in [1.165, 1.54) is 103 Å². The Bertz CT molecular complexity index is 2770. The van der Waals surface area contributed by atoms with Crippen molar-refractivity contribution in [2.45, 2.75) is 168 Å². The van der Waals surface area contributed by atoms with Gasteiger partial charge in [-0.3, -0.25) is 19.2 Å². The lowest BCUT2D eigenvalue weighted by atomic mass is 9.76. The van der Waals surface area contributed by atoms with E-state index in [2.05, 4.69) is 13.8 Å². The first-order chi connectivity index (χ1) is 33.4. The third kappa shape index (κ3) is 9.58. The van der Waals surface area contributed by atoms with Crippen molar-refractivity contribution < 1.29 is 28.7 Å². The molecule has 0 radical (unpaired) electrons. The number of ketones is 2. The minimum absolute atomic E-state index is 0.0660. The zero-order valence-electron chi connectivity index (χ0n) is 40.5. The van der Waals surface area contributed by atoms with Gasteiger partial charge in [-0.25, -0.2) is 0 Å². The molecule has 0 saturated carbocycles. The summed E-state index contributed by atoms with van der Waals surface area (Å²) in [7, 11) is 0. The monoisotopic (exact) mass is 909 g/mol. The zero-order valence-corrected chi connectivity index (χ0v) is 40.5. The fourth-order valence-electron chi connectivity index (χ4n) is 11.3. The van der Waals surface area contributed by atoms with Crippen LogP contribution in [0.5, 0.6) is 11.5 Å². The molecule has 0 unspecified atom stereocenters. The van der Waals surface area contributed by atoms with Crippen molar-refractivity contribution in [2.75, 3.05) is 0 Å². The first-order valence-corrected chi connectivity index (χ1v) is 26.4. The quantitative estimate of drug-likeness (QED) is 0.0177. The average Bonchev–Trinajstić information content (AvgIpc) is 3.35. The highest BCUT2D eigenvalue weighted by Crippen LogP contribution is 2.55. The van der Waals surface area contributed by atoms with Crippen LogP contribution in [0.3, 0.4) is 0 Å². The molecule has 0 bridgehead atoms. The number of unbranched alkanes of at least 4 members (excludes halogenated alkanes) is 20. The Morgan fingerprint density at radius 1 is 0.338 bits per heavy atom. The van der Waals surface area contributed by atoms with E-state index in [9.17, 15) is 19.2 Å². The summed E-state index contributed by atoms with van der Waals surface area (Å²) in [5, 5.41) is 6.09. The summed E-state index contributed by atoms with van der Waals surface area (Å²) in [6.45, 7) is 4.50. The van der Waals surface area contributed by atoms with Crippen LogP contribution in [0.2, 0.25) is 0 Å². The molecule has 6 nitrogen and oxygen atoms in total. The summed E-state index contributed by atoms with van der Waals surface area (Å²) in [4.78, 5) is 57.0. The van der Waals surface area contributed by atoms with Crippen LogP contribution in [-0.4, -0.2) is 23.5 Å². The van der Waals surface area contributed by atoms with Gasteiger partial charge < -0.3 is 9.47 Å². The van der Waals surface area contributed by atoms with Crippen LogP contribution in [-0.2, 0) is 9.59 Å². The molecule has 0 aliphatic heterocycles. The normalized spacial score (nSPS) is 12.7. The van der Waals surface area contributed by atoms with Gasteiger partial charge in [0.25, 0.3) is 0 Å². The van der Waals surface area contributed by atoms with Gasteiger partial charge in [0, 0.05) is 67.4 Å². The van der Waals surface area contributed by atoms with Crippen molar-refractivity contribution in [2.24, 2.45) is 0 Å². The van der Waals surface area contributed by atoms with Gasteiger partial charge in [0.05, 0.1) is 0 Å². The van der Waals surface area contributed by atoms with Crippen molar-refractivity contribution in [3.8, 4) is 33.8 Å². The number of fused-ring (bicyclic) bond motifs is 6. The van der Waals surface area contributed by atoms with Gasteiger partial charge in [-0.2, -0.15) is 0 Å². The first kappa shape index (κ1) is 47.2. The van der Waals surface area contributed by atoms with E-state index < -0.39 is 0 Å². The molecule has 6 heteroatoms. The molecule has 0 amide bonds. The molecule has 0 atom stereocenters.